The third-order valence-electron chi connectivity index (χ3n) is 4.71. The number of sulfonamides is 1. The van der Waals surface area contributed by atoms with Gasteiger partial charge in [0, 0.05) is 31.0 Å². The Morgan fingerprint density at radius 1 is 1.25 bits per heavy atom. The molecule has 0 unspecified atom stereocenters. The van der Waals surface area contributed by atoms with Crippen LogP contribution in [0.5, 0.6) is 5.75 Å². The smallest absolute Gasteiger partial charge is 0.255 e. The summed E-state index contributed by atoms with van der Waals surface area (Å²) >= 11 is 1.77. The first-order chi connectivity index (χ1) is 11.4. The number of amides is 1. The van der Waals surface area contributed by atoms with Gasteiger partial charge >= 0.3 is 0 Å². The van der Waals surface area contributed by atoms with E-state index < -0.39 is 10.0 Å². The molecule has 2 aliphatic heterocycles. The summed E-state index contributed by atoms with van der Waals surface area (Å²) in [6.07, 6.45) is 2.58. The number of carbonyl (C=O) groups excluding carboxylic acids is 1. The van der Waals surface area contributed by atoms with Crippen molar-refractivity contribution in [2.24, 2.45) is 0 Å². The molecule has 1 aromatic carbocycles. The molecular weight excluding hydrogens is 348 g/mol. The van der Waals surface area contributed by atoms with E-state index in [2.05, 4.69) is 0 Å². The molecule has 3 rings (SSSR count). The van der Waals surface area contributed by atoms with Gasteiger partial charge in [0.25, 0.3) is 5.91 Å². The van der Waals surface area contributed by atoms with Gasteiger partial charge in [0.2, 0.25) is 10.0 Å². The highest BCUT2D eigenvalue weighted by Crippen LogP contribution is 2.44. The summed E-state index contributed by atoms with van der Waals surface area (Å²) in [7, 11) is -1.59. The molecule has 2 fully saturated rings. The van der Waals surface area contributed by atoms with Crippen LogP contribution in [-0.4, -0.2) is 67.2 Å². The molecule has 0 N–H and O–H groups in total. The van der Waals surface area contributed by atoms with E-state index in [1.807, 2.05) is 17.0 Å². The zero-order valence-corrected chi connectivity index (χ0v) is 15.5. The van der Waals surface area contributed by atoms with Crippen molar-refractivity contribution in [3.05, 3.63) is 29.8 Å². The molecule has 2 heterocycles. The van der Waals surface area contributed by atoms with Crippen molar-refractivity contribution in [3.63, 3.8) is 0 Å². The lowest BCUT2D eigenvalue weighted by molar-refractivity contribution is 0.0605. The molecule has 132 valence electrons. The lowest BCUT2D eigenvalue weighted by Crippen LogP contribution is -2.53. The Labute approximate surface area is 147 Å². The molecular formula is C16H22N2O4S2. The third kappa shape index (κ3) is 3.27. The Bertz CT molecular complexity index is 727. The average Bonchev–Trinajstić information content (AvgIpc) is 2.96. The summed E-state index contributed by atoms with van der Waals surface area (Å²) in [6.45, 7) is 1.63. The number of ether oxygens (including phenoxy) is 1. The number of nitrogens with zero attached hydrogens (tertiary/aromatic N) is 2. The maximum Gasteiger partial charge on any atom is 0.255 e. The predicted molar refractivity (Wildman–Crippen MR) is 94.9 cm³/mol. The van der Waals surface area contributed by atoms with Gasteiger partial charge in [0.15, 0.2) is 0 Å². The van der Waals surface area contributed by atoms with E-state index in [-0.39, 0.29) is 10.8 Å². The Kier molecular flexibility index (Phi) is 4.81. The monoisotopic (exact) mass is 370 g/mol. The second-order valence-corrected chi connectivity index (χ2v) is 9.58. The number of benzene rings is 1. The van der Waals surface area contributed by atoms with Crippen LogP contribution in [0.15, 0.2) is 24.3 Å². The van der Waals surface area contributed by atoms with Gasteiger partial charge in [-0.25, -0.2) is 12.7 Å². The second-order valence-electron chi connectivity index (χ2n) is 6.15. The molecule has 1 amide bonds. The number of carbonyl (C=O) groups is 1. The quantitative estimate of drug-likeness (QED) is 0.809. The van der Waals surface area contributed by atoms with Crippen LogP contribution in [0.25, 0.3) is 0 Å². The number of rotatable bonds is 3. The molecule has 0 saturated carbocycles. The molecule has 8 heteroatoms. The zero-order chi connectivity index (χ0) is 17.4. The van der Waals surface area contributed by atoms with Crippen LogP contribution in [0.4, 0.5) is 0 Å². The van der Waals surface area contributed by atoms with E-state index in [9.17, 15) is 13.2 Å². The second kappa shape index (κ2) is 6.57. The van der Waals surface area contributed by atoms with Crippen LogP contribution in [0.2, 0.25) is 0 Å². The van der Waals surface area contributed by atoms with Crippen molar-refractivity contribution in [3.8, 4) is 5.75 Å². The maximum atomic E-state index is 13.0. The van der Waals surface area contributed by atoms with Crippen molar-refractivity contribution in [2.45, 2.75) is 17.7 Å². The minimum absolute atomic E-state index is 0.00768. The lowest BCUT2D eigenvalue weighted by atomic mass is 10.0. The van der Waals surface area contributed by atoms with Gasteiger partial charge in [-0.2, -0.15) is 0 Å². The number of piperidine rings is 1. The van der Waals surface area contributed by atoms with Gasteiger partial charge in [-0.1, -0.05) is 6.07 Å². The first kappa shape index (κ1) is 17.6. The third-order valence-corrected chi connectivity index (χ3v) is 7.57. The topological polar surface area (TPSA) is 66.9 Å². The number of hydrogen-bond acceptors (Lipinski definition) is 5. The van der Waals surface area contributed by atoms with Crippen molar-refractivity contribution in [1.29, 1.82) is 0 Å². The van der Waals surface area contributed by atoms with Gasteiger partial charge in [-0.15, -0.1) is 11.8 Å². The standard InChI is InChI=1S/C16H22N2O4S2/c1-22-14-5-3-4-13(12-14)15(19)18-10-11-23-16(18)6-8-17(9-7-16)24(2,20)21/h3-5,12H,6-11H2,1-2H3. The molecule has 2 aliphatic rings. The largest absolute Gasteiger partial charge is 0.497 e. The van der Waals surface area contributed by atoms with Gasteiger partial charge < -0.3 is 9.64 Å². The normalized spacial score (nSPS) is 21.2. The number of thioether (sulfide) groups is 1. The Morgan fingerprint density at radius 3 is 2.58 bits per heavy atom. The average molecular weight is 370 g/mol. The minimum Gasteiger partial charge on any atom is -0.497 e. The van der Waals surface area contributed by atoms with Gasteiger partial charge in [0.1, 0.15) is 5.75 Å². The van der Waals surface area contributed by atoms with Crippen molar-refractivity contribution >= 4 is 27.7 Å². The van der Waals surface area contributed by atoms with E-state index in [4.69, 9.17) is 4.74 Å². The lowest BCUT2D eigenvalue weighted by Gasteiger charge is -2.43. The van der Waals surface area contributed by atoms with E-state index >= 15 is 0 Å². The van der Waals surface area contributed by atoms with E-state index in [0.29, 0.717) is 43.8 Å². The van der Waals surface area contributed by atoms with E-state index in [1.165, 1.54) is 10.6 Å². The summed E-state index contributed by atoms with van der Waals surface area (Å²) < 4.78 is 30.2. The highest BCUT2D eigenvalue weighted by Gasteiger charge is 2.47. The molecule has 1 aromatic rings. The van der Waals surface area contributed by atoms with E-state index in [0.717, 1.165) is 5.75 Å². The molecule has 2 saturated heterocycles. The molecule has 6 nitrogen and oxygen atoms in total. The number of hydrogen-bond donors (Lipinski definition) is 0. The van der Waals surface area contributed by atoms with Crippen molar-refractivity contribution < 1.29 is 17.9 Å². The summed E-state index contributed by atoms with van der Waals surface area (Å²) in [5.41, 5.74) is 0.613. The molecule has 0 atom stereocenters. The van der Waals surface area contributed by atoms with Gasteiger partial charge in [0.05, 0.1) is 18.2 Å². The maximum absolute atomic E-state index is 13.0. The fraction of sp³-hybridized carbons (Fsp3) is 0.562. The van der Waals surface area contributed by atoms with Crippen LogP contribution < -0.4 is 4.74 Å². The highest BCUT2D eigenvalue weighted by molar-refractivity contribution is 8.00. The van der Waals surface area contributed by atoms with Crippen molar-refractivity contribution in [2.75, 3.05) is 38.8 Å². The van der Waals surface area contributed by atoms with Crippen LogP contribution in [0.1, 0.15) is 23.2 Å². The molecule has 0 bridgehead atoms. The zero-order valence-electron chi connectivity index (χ0n) is 13.9. The Hall–Kier alpha value is -1.25. The highest BCUT2D eigenvalue weighted by atomic mass is 32.2. The number of methoxy groups -OCH3 is 1. The summed E-state index contributed by atoms with van der Waals surface area (Å²) in [4.78, 5) is 14.6. The predicted octanol–water partition coefficient (Wildman–Crippen LogP) is 1.64. The minimum atomic E-state index is -3.17. The van der Waals surface area contributed by atoms with Crippen molar-refractivity contribution in [1.82, 2.24) is 9.21 Å². The van der Waals surface area contributed by atoms with E-state index in [1.54, 1.807) is 31.0 Å². The van der Waals surface area contributed by atoms with Crippen LogP contribution in [0.3, 0.4) is 0 Å². The van der Waals surface area contributed by atoms with Gasteiger partial charge in [-0.3, -0.25) is 4.79 Å². The van der Waals surface area contributed by atoms with Crippen LogP contribution >= 0.6 is 11.8 Å². The van der Waals surface area contributed by atoms with Gasteiger partial charge in [-0.05, 0) is 31.0 Å². The molecule has 24 heavy (non-hydrogen) atoms. The molecule has 0 radical (unpaired) electrons. The van der Waals surface area contributed by atoms with Crippen LogP contribution in [0, 0.1) is 0 Å². The first-order valence-electron chi connectivity index (χ1n) is 7.91. The Morgan fingerprint density at radius 2 is 1.96 bits per heavy atom. The fourth-order valence-electron chi connectivity index (χ4n) is 3.39. The van der Waals surface area contributed by atoms with Crippen LogP contribution in [-0.2, 0) is 10.0 Å². The summed E-state index contributed by atoms with van der Waals surface area (Å²) in [6, 6.07) is 7.18. The summed E-state index contributed by atoms with van der Waals surface area (Å²) in [5.74, 6) is 1.54. The molecule has 1 spiro atoms. The SMILES string of the molecule is COc1cccc(C(=O)N2CCSC23CCN(S(C)(=O)=O)CC3)c1. The first-order valence-corrected chi connectivity index (χ1v) is 10.7. The molecule has 0 aliphatic carbocycles. The fourth-order valence-corrected chi connectivity index (χ4v) is 5.69. The molecule has 0 aromatic heterocycles. The Balaban J connectivity index is 1.79. The summed E-state index contributed by atoms with van der Waals surface area (Å²) in [5, 5.41) is 0.